The van der Waals surface area contributed by atoms with E-state index in [1.54, 1.807) is 12.1 Å². The minimum atomic E-state index is -0.445. The molecule has 0 unspecified atom stereocenters. The van der Waals surface area contributed by atoms with Crippen molar-refractivity contribution in [3.63, 3.8) is 0 Å². The summed E-state index contributed by atoms with van der Waals surface area (Å²) in [5, 5.41) is 19.6. The largest absolute Gasteiger partial charge is 0.508 e. The van der Waals surface area contributed by atoms with E-state index < -0.39 is 5.63 Å². The van der Waals surface area contributed by atoms with E-state index >= 15 is 0 Å². The highest BCUT2D eigenvalue weighted by atomic mass is 32.2. The molecule has 130 valence electrons. The van der Waals surface area contributed by atoms with Crippen LogP contribution in [0, 0.1) is 6.92 Å². The Morgan fingerprint density at radius 3 is 2.73 bits per heavy atom. The lowest BCUT2D eigenvalue weighted by Crippen LogP contribution is -2.01. The maximum Gasteiger partial charge on any atom is 0.336 e. The lowest BCUT2D eigenvalue weighted by molar-refractivity contribution is 0.473. The van der Waals surface area contributed by atoms with Gasteiger partial charge in [0.15, 0.2) is 5.16 Å². The highest BCUT2D eigenvalue weighted by Crippen LogP contribution is 2.29. The molecule has 0 bridgehead atoms. The first-order chi connectivity index (χ1) is 12.6. The van der Waals surface area contributed by atoms with Crippen LogP contribution in [0.4, 0.5) is 0 Å². The molecule has 0 amide bonds. The van der Waals surface area contributed by atoms with Gasteiger partial charge in [-0.15, -0.1) is 10.2 Å². The Morgan fingerprint density at radius 1 is 1.12 bits per heavy atom. The molecule has 0 fully saturated rings. The normalized spacial score (nSPS) is 11.1. The molecule has 1 N–H and O–H groups in total. The van der Waals surface area contributed by atoms with Crippen LogP contribution in [0.25, 0.3) is 16.7 Å². The fourth-order valence-corrected chi connectivity index (χ4v) is 3.78. The van der Waals surface area contributed by atoms with Crippen molar-refractivity contribution >= 4 is 22.7 Å². The summed E-state index contributed by atoms with van der Waals surface area (Å²) >= 11 is 1.49. The van der Waals surface area contributed by atoms with Crippen LogP contribution in [0.1, 0.15) is 11.4 Å². The van der Waals surface area contributed by atoms with Gasteiger partial charge in [0.2, 0.25) is 0 Å². The second-order valence-corrected chi connectivity index (χ2v) is 6.70. The van der Waals surface area contributed by atoms with E-state index in [0.717, 1.165) is 27.6 Å². The van der Waals surface area contributed by atoms with E-state index in [1.807, 2.05) is 41.8 Å². The monoisotopic (exact) mass is 365 g/mol. The van der Waals surface area contributed by atoms with Crippen LogP contribution >= 0.6 is 11.8 Å². The van der Waals surface area contributed by atoms with Crippen LogP contribution in [0.2, 0.25) is 0 Å². The lowest BCUT2D eigenvalue weighted by atomic mass is 10.1. The number of aromatic hydroxyl groups is 1. The van der Waals surface area contributed by atoms with Crippen molar-refractivity contribution in [2.24, 2.45) is 0 Å². The number of nitrogens with zero attached hydrogens (tertiary/aromatic N) is 3. The third-order valence-corrected chi connectivity index (χ3v) is 4.96. The molecule has 2 aromatic carbocycles. The van der Waals surface area contributed by atoms with Gasteiger partial charge in [-0.25, -0.2) is 4.79 Å². The number of hydrogen-bond donors (Lipinski definition) is 1. The van der Waals surface area contributed by atoms with Crippen LogP contribution in [0.3, 0.4) is 0 Å². The van der Waals surface area contributed by atoms with Crippen molar-refractivity contribution in [1.82, 2.24) is 14.8 Å². The van der Waals surface area contributed by atoms with Gasteiger partial charge in [0.25, 0.3) is 0 Å². The summed E-state index contributed by atoms with van der Waals surface area (Å²) in [6.45, 7) is 1.90. The molecule has 0 aliphatic carbocycles. The first kappa shape index (κ1) is 16.4. The Kier molecular flexibility index (Phi) is 4.22. The molecule has 0 aliphatic rings. The summed E-state index contributed by atoms with van der Waals surface area (Å²) in [4.78, 5) is 11.8. The number of phenols is 1. The zero-order chi connectivity index (χ0) is 18.1. The van der Waals surface area contributed by atoms with Gasteiger partial charge in [-0.05, 0) is 36.8 Å². The van der Waals surface area contributed by atoms with Gasteiger partial charge >= 0.3 is 5.63 Å². The molecule has 26 heavy (non-hydrogen) atoms. The maximum absolute atomic E-state index is 11.8. The van der Waals surface area contributed by atoms with Crippen molar-refractivity contribution in [3.05, 3.63) is 76.4 Å². The minimum Gasteiger partial charge on any atom is -0.508 e. The summed E-state index contributed by atoms with van der Waals surface area (Å²) in [5.41, 5.74) is 1.73. The first-order valence-corrected chi connectivity index (χ1v) is 8.96. The van der Waals surface area contributed by atoms with E-state index in [1.165, 1.54) is 23.9 Å². The Labute approximate surface area is 153 Å². The van der Waals surface area contributed by atoms with Crippen molar-refractivity contribution < 1.29 is 9.52 Å². The fourth-order valence-electron chi connectivity index (χ4n) is 2.79. The molecule has 0 saturated heterocycles. The number of para-hydroxylation sites is 1. The van der Waals surface area contributed by atoms with Crippen molar-refractivity contribution in [1.29, 1.82) is 0 Å². The number of thioether (sulfide) groups is 1. The van der Waals surface area contributed by atoms with E-state index in [2.05, 4.69) is 10.2 Å². The van der Waals surface area contributed by atoms with E-state index in [-0.39, 0.29) is 5.75 Å². The van der Waals surface area contributed by atoms with Crippen LogP contribution in [0.5, 0.6) is 5.75 Å². The summed E-state index contributed by atoms with van der Waals surface area (Å²) < 4.78 is 7.15. The second-order valence-electron chi connectivity index (χ2n) is 5.76. The Hall–Kier alpha value is -3.06. The van der Waals surface area contributed by atoms with Gasteiger partial charge in [-0.2, -0.15) is 0 Å². The molecular formula is C19H15N3O3S. The SMILES string of the molecule is Cc1nnc(SCc2cc(=O)oc3cc(O)ccc23)n1-c1ccccc1. The third kappa shape index (κ3) is 3.09. The maximum atomic E-state index is 11.8. The van der Waals surface area contributed by atoms with Gasteiger partial charge in [0.05, 0.1) is 0 Å². The molecule has 0 aliphatic heterocycles. The predicted molar refractivity (Wildman–Crippen MR) is 99.8 cm³/mol. The van der Waals surface area contributed by atoms with Gasteiger partial charge in [-0.3, -0.25) is 4.57 Å². The van der Waals surface area contributed by atoms with E-state index in [9.17, 15) is 9.90 Å². The number of aryl methyl sites for hydroxylation is 1. The standard InChI is InChI=1S/C19H15N3O3S/c1-12-20-21-19(22(12)14-5-3-2-4-6-14)26-11-13-9-18(24)25-17-10-15(23)7-8-16(13)17/h2-10,23H,11H2,1H3. The summed E-state index contributed by atoms with van der Waals surface area (Å²) in [6, 6.07) is 16.1. The molecule has 0 atom stereocenters. The van der Waals surface area contributed by atoms with Crippen LogP contribution < -0.4 is 5.63 Å². The Balaban J connectivity index is 1.69. The van der Waals surface area contributed by atoms with Crippen molar-refractivity contribution in [3.8, 4) is 11.4 Å². The highest BCUT2D eigenvalue weighted by molar-refractivity contribution is 7.98. The zero-order valence-corrected chi connectivity index (χ0v) is 14.7. The molecule has 7 heteroatoms. The molecule has 4 aromatic rings. The summed E-state index contributed by atoms with van der Waals surface area (Å²) in [5.74, 6) is 1.38. The number of aromatic nitrogens is 3. The Morgan fingerprint density at radius 2 is 1.92 bits per heavy atom. The number of phenolic OH excluding ortho intramolecular Hbond substituents is 1. The van der Waals surface area contributed by atoms with E-state index in [0.29, 0.717) is 11.3 Å². The predicted octanol–water partition coefficient (Wildman–Crippen LogP) is 3.68. The van der Waals surface area contributed by atoms with E-state index in [4.69, 9.17) is 4.42 Å². The molecular weight excluding hydrogens is 350 g/mol. The Bertz CT molecular complexity index is 1140. The lowest BCUT2D eigenvalue weighted by Gasteiger charge is -2.09. The smallest absolute Gasteiger partial charge is 0.336 e. The van der Waals surface area contributed by atoms with Gasteiger partial charge in [0, 0.05) is 29.0 Å². The quantitative estimate of drug-likeness (QED) is 0.439. The molecule has 0 radical (unpaired) electrons. The molecule has 0 spiro atoms. The molecule has 6 nitrogen and oxygen atoms in total. The third-order valence-electron chi connectivity index (χ3n) is 3.98. The molecule has 0 saturated carbocycles. The minimum absolute atomic E-state index is 0.0601. The van der Waals surface area contributed by atoms with Crippen molar-refractivity contribution in [2.45, 2.75) is 17.8 Å². The van der Waals surface area contributed by atoms with Gasteiger partial charge < -0.3 is 9.52 Å². The highest BCUT2D eigenvalue weighted by Gasteiger charge is 2.13. The first-order valence-electron chi connectivity index (χ1n) is 7.98. The van der Waals surface area contributed by atoms with Crippen molar-refractivity contribution in [2.75, 3.05) is 0 Å². The molecule has 2 aromatic heterocycles. The molecule has 2 heterocycles. The fraction of sp³-hybridized carbons (Fsp3) is 0.105. The summed E-state index contributed by atoms with van der Waals surface area (Å²) in [7, 11) is 0. The van der Waals surface area contributed by atoms with Crippen LogP contribution in [-0.4, -0.2) is 19.9 Å². The average molecular weight is 365 g/mol. The number of rotatable bonds is 4. The number of benzene rings is 2. The molecule has 4 rings (SSSR count). The number of hydrogen-bond acceptors (Lipinski definition) is 6. The average Bonchev–Trinajstić information content (AvgIpc) is 3.00. The summed E-state index contributed by atoms with van der Waals surface area (Å²) in [6.07, 6.45) is 0. The van der Waals surface area contributed by atoms with Crippen LogP contribution in [0.15, 0.2) is 69.0 Å². The zero-order valence-electron chi connectivity index (χ0n) is 13.9. The van der Waals surface area contributed by atoms with Gasteiger partial charge in [0.1, 0.15) is 17.2 Å². The topological polar surface area (TPSA) is 81.2 Å². The number of fused-ring (bicyclic) bond motifs is 1. The van der Waals surface area contributed by atoms with Crippen LogP contribution in [-0.2, 0) is 5.75 Å². The van der Waals surface area contributed by atoms with Gasteiger partial charge in [-0.1, -0.05) is 30.0 Å². The second kappa shape index (κ2) is 6.68.